The van der Waals surface area contributed by atoms with Gasteiger partial charge in [0.1, 0.15) is 6.04 Å². The highest BCUT2D eigenvalue weighted by atomic mass is 16.4. The van der Waals surface area contributed by atoms with Crippen LogP contribution in [0.2, 0.25) is 0 Å². The first-order chi connectivity index (χ1) is 7.00. The zero-order valence-electron chi connectivity index (χ0n) is 8.52. The molecule has 0 radical (unpaired) electrons. The predicted octanol–water partition coefficient (Wildman–Crippen LogP) is -0.802. The molecule has 0 aromatic rings. The van der Waals surface area contributed by atoms with Gasteiger partial charge in [0.05, 0.1) is 6.54 Å². The van der Waals surface area contributed by atoms with E-state index in [1.54, 1.807) is 0 Å². The highest BCUT2D eigenvalue weighted by Crippen LogP contribution is 2.09. The second-order valence-electron chi connectivity index (χ2n) is 3.53. The van der Waals surface area contributed by atoms with Gasteiger partial charge in [-0.05, 0) is 6.42 Å². The SMILES string of the molecule is CC(=O)N[C@@H](CN1CCCC1=O)C(=O)O. The van der Waals surface area contributed by atoms with E-state index in [0.717, 1.165) is 6.42 Å². The number of nitrogens with one attached hydrogen (secondary N) is 1. The van der Waals surface area contributed by atoms with Gasteiger partial charge in [-0.3, -0.25) is 9.59 Å². The molecular weight excluding hydrogens is 200 g/mol. The Balaban J connectivity index is 2.54. The molecule has 0 saturated carbocycles. The summed E-state index contributed by atoms with van der Waals surface area (Å²) in [5.74, 6) is -1.58. The van der Waals surface area contributed by atoms with E-state index in [9.17, 15) is 14.4 Å². The predicted molar refractivity (Wildman–Crippen MR) is 51.1 cm³/mol. The molecule has 0 spiro atoms. The number of amides is 2. The summed E-state index contributed by atoms with van der Waals surface area (Å²) in [5.41, 5.74) is 0. The van der Waals surface area contributed by atoms with E-state index < -0.39 is 17.9 Å². The number of hydrogen-bond acceptors (Lipinski definition) is 3. The maximum absolute atomic E-state index is 11.2. The van der Waals surface area contributed by atoms with Crippen molar-refractivity contribution in [3.8, 4) is 0 Å². The molecule has 1 aliphatic heterocycles. The number of carboxylic acid groups (broad SMARTS) is 1. The average Bonchev–Trinajstić information content (AvgIpc) is 2.50. The first-order valence-electron chi connectivity index (χ1n) is 4.78. The van der Waals surface area contributed by atoms with E-state index in [0.29, 0.717) is 13.0 Å². The third-order valence-corrected chi connectivity index (χ3v) is 2.25. The lowest BCUT2D eigenvalue weighted by molar-refractivity contribution is -0.142. The number of likely N-dealkylation sites (tertiary alicyclic amines) is 1. The van der Waals surface area contributed by atoms with Crippen molar-refractivity contribution in [2.75, 3.05) is 13.1 Å². The molecular formula is C9H14N2O4. The van der Waals surface area contributed by atoms with Crippen LogP contribution in [0.3, 0.4) is 0 Å². The smallest absolute Gasteiger partial charge is 0.328 e. The van der Waals surface area contributed by atoms with E-state index >= 15 is 0 Å². The van der Waals surface area contributed by atoms with Crippen LogP contribution in [0, 0.1) is 0 Å². The topological polar surface area (TPSA) is 86.7 Å². The highest BCUT2D eigenvalue weighted by molar-refractivity contribution is 5.84. The van der Waals surface area contributed by atoms with Crippen LogP contribution in [-0.2, 0) is 14.4 Å². The molecule has 0 aliphatic carbocycles. The minimum Gasteiger partial charge on any atom is -0.480 e. The fourth-order valence-corrected chi connectivity index (χ4v) is 1.55. The molecule has 2 N–H and O–H groups in total. The number of hydrogen-bond donors (Lipinski definition) is 2. The molecule has 1 rings (SSSR count). The van der Waals surface area contributed by atoms with Crippen molar-refractivity contribution in [2.45, 2.75) is 25.8 Å². The maximum atomic E-state index is 11.2. The first-order valence-corrected chi connectivity index (χ1v) is 4.78. The molecule has 1 heterocycles. The van der Waals surface area contributed by atoms with Crippen molar-refractivity contribution in [1.82, 2.24) is 10.2 Å². The summed E-state index contributed by atoms with van der Waals surface area (Å²) in [6.45, 7) is 1.87. The van der Waals surface area contributed by atoms with Crippen LogP contribution in [0.4, 0.5) is 0 Å². The van der Waals surface area contributed by atoms with E-state index in [4.69, 9.17) is 5.11 Å². The summed E-state index contributed by atoms with van der Waals surface area (Å²) in [6.07, 6.45) is 1.22. The molecule has 1 fully saturated rings. The Labute approximate surface area is 87.2 Å². The van der Waals surface area contributed by atoms with Crippen molar-refractivity contribution in [1.29, 1.82) is 0 Å². The largest absolute Gasteiger partial charge is 0.480 e. The molecule has 15 heavy (non-hydrogen) atoms. The van der Waals surface area contributed by atoms with Gasteiger partial charge in [0, 0.05) is 19.9 Å². The van der Waals surface area contributed by atoms with Crippen LogP contribution in [-0.4, -0.2) is 46.9 Å². The van der Waals surface area contributed by atoms with Crippen molar-refractivity contribution in [3.05, 3.63) is 0 Å². The quantitative estimate of drug-likeness (QED) is 0.641. The zero-order chi connectivity index (χ0) is 11.4. The Morgan fingerprint density at radius 2 is 2.27 bits per heavy atom. The van der Waals surface area contributed by atoms with Gasteiger partial charge in [-0.1, -0.05) is 0 Å². The summed E-state index contributed by atoms with van der Waals surface area (Å²) >= 11 is 0. The van der Waals surface area contributed by atoms with Gasteiger partial charge in [-0.2, -0.15) is 0 Å². The van der Waals surface area contributed by atoms with Crippen LogP contribution >= 0.6 is 0 Å². The maximum Gasteiger partial charge on any atom is 0.328 e. The minimum atomic E-state index is -1.12. The van der Waals surface area contributed by atoms with Crippen LogP contribution in [0.1, 0.15) is 19.8 Å². The fraction of sp³-hybridized carbons (Fsp3) is 0.667. The lowest BCUT2D eigenvalue weighted by Crippen LogP contribution is -2.48. The molecule has 6 heteroatoms. The molecule has 0 aromatic heterocycles. The number of nitrogens with zero attached hydrogens (tertiary/aromatic N) is 1. The molecule has 84 valence electrons. The number of carbonyl (C=O) groups excluding carboxylic acids is 2. The Morgan fingerprint density at radius 3 is 2.67 bits per heavy atom. The van der Waals surface area contributed by atoms with Gasteiger partial charge in [-0.25, -0.2) is 4.79 Å². The number of carboxylic acids is 1. The summed E-state index contributed by atoms with van der Waals surface area (Å²) in [6, 6.07) is -1.01. The van der Waals surface area contributed by atoms with Gasteiger partial charge in [0.25, 0.3) is 0 Å². The van der Waals surface area contributed by atoms with Gasteiger partial charge in [0.15, 0.2) is 0 Å². The van der Waals surface area contributed by atoms with Gasteiger partial charge >= 0.3 is 5.97 Å². The van der Waals surface area contributed by atoms with E-state index in [1.165, 1.54) is 11.8 Å². The highest BCUT2D eigenvalue weighted by Gasteiger charge is 2.27. The van der Waals surface area contributed by atoms with Gasteiger partial charge < -0.3 is 15.3 Å². The van der Waals surface area contributed by atoms with E-state index in [-0.39, 0.29) is 12.5 Å². The van der Waals surface area contributed by atoms with Crippen molar-refractivity contribution in [3.63, 3.8) is 0 Å². The minimum absolute atomic E-state index is 0.0494. The molecule has 1 saturated heterocycles. The van der Waals surface area contributed by atoms with E-state index in [1.807, 2.05) is 0 Å². The summed E-state index contributed by atoms with van der Waals surface area (Å²) in [5, 5.41) is 11.1. The van der Waals surface area contributed by atoms with Gasteiger partial charge in [0.2, 0.25) is 11.8 Å². The first kappa shape index (κ1) is 11.5. The lowest BCUT2D eigenvalue weighted by Gasteiger charge is -2.21. The molecule has 2 amide bonds. The van der Waals surface area contributed by atoms with Crippen molar-refractivity contribution in [2.24, 2.45) is 0 Å². The van der Waals surface area contributed by atoms with Crippen molar-refractivity contribution >= 4 is 17.8 Å². The number of rotatable bonds is 4. The van der Waals surface area contributed by atoms with E-state index in [2.05, 4.69) is 5.32 Å². The average molecular weight is 214 g/mol. The third kappa shape index (κ3) is 3.23. The molecule has 6 nitrogen and oxygen atoms in total. The number of carbonyl (C=O) groups is 3. The standard InChI is InChI=1S/C9H14N2O4/c1-6(12)10-7(9(14)15)5-11-4-2-3-8(11)13/h7H,2-5H2,1H3,(H,10,12)(H,14,15)/t7-/m0/s1. The molecule has 0 unspecified atom stereocenters. The summed E-state index contributed by atoms with van der Waals surface area (Å²) in [4.78, 5) is 34.2. The van der Waals surface area contributed by atoms with Gasteiger partial charge in [-0.15, -0.1) is 0 Å². The zero-order valence-corrected chi connectivity index (χ0v) is 8.52. The van der Waals surface area contributed by atoms with Crippen LogP contribution in [0.25, 0.3) is 0 Å². The summed E-state index contributed by atoms with van der Waals surface area (Å²) < 4.78 is 0. The molecule has 1 atom stereocenters. The van der Waals surface area contributed by atoms with Crippen molar-refractivity contribution < 1.29 is 19.5 Å². The second kappa shape index (κ2) is 4.77. The number of aliphatic carboxylic acids is 1. The summed E-state index contributed by atoms with van der Waals surface area (Å²) in [7, 11) is 0. The van der Waals surface area contributed by atoms with Crippen LogP contribution in [0.5, 0.6) is 0 Å². The Kier molecular flexibility index (Phi) is 3.65. The molecule has 1 aliphatic rings. The Morgan fingerprint density at radius 1 is 1.60 bits per heavy atom. The second-order valence-corrected chi connectivity index (χ2v) is 3.53. The Hall–Kier alpha value is -1.59. The van der Waals surface area contributed by atoms with Crippen LogP contribution < -0.4 is 5.32 Å². The monoisotopic (exact) mass is 214 g/mol. The normalized spacial score (nSPS) is 17.7. The fourth-order valence-electron chi connectivity index (χ4n) is 1.55. The molecule has 0 bridgehead atoms. The van der Waals surface area contributed by atoms with Crippen LogP contribution in [0.15, 0.2) is 0 Å². The lowest BCUT2D eigenvalue weighted by atomic mass is 10.2. The third-order valence-electron chi connectivity index (χ3n) is 2.25. The molecule has 0 aromatic carbocycles. The Bertz CT molecular complexity index is 290.